The number of hydrogen-bond acceptors (Lipinski definition) is 2. The fraction of sp³-hybridized carbons (Fsp3) is 0.933. The molecule has 0 aromatic carbocycles. The van der Waals surface area contributed by atoms with Crippen LogP contribution in [0.4, 0.5) is 0 Å². The maximum Gasteiger partial charge on any atom is 0.0621 e. The minimum absolute atomic E-state index is 0.164. The Kier molecular flexibility index (Phi) is 8.09. The summed E-state index contributed by atoms with van der Waals surface area (Å²) in [4.78, 5) is 0. The van der Waals surface area contributed by atoms with Crippen LogP contribution in [0.1, 0.15) is 77.0 Å². The lowest BCUT2D eigenvalue weighted by Gasteiger charge is -2.22. The van der Waals surface area contributed by atoms with Gasteiger partial charge in [0, 0.05) is 6.42 Å². The highest BCUT2D eigenvalue weighted by Gasteiger charge is 2.18. The number of rotatable bonds is 2. The van der Waals surface area contributed by atoms with Crippen LogP contribution in [-0.4, -0.2) is 11.2 Å². The maximum absolute atomic E-state index is 10.2. The molecular weight excluding hydrogens is 210 g/mol. The van der Waals surface area contributed by atoms with Crippen molar-refractivity contribution in [1.29, 1.82) is 5.26 Å². The van der Waals surface area contributed by atoms with E-state index in [0.29, 0.717) is 12.3 Å². The first-order valence-corrected chi connectivity index (χ1v) is 7.39. The topological polar surface area (TPSA) is 44.0 Å². The highest BCUT2D eigenvalue weighted by atomic mass is 16.3. The van der Waals surface area contributed by atoms with E-state index >= 15 is 0 Å². The van der Waals surface area contributed by atoms with E-state index in [1.807, 2.05) is 0 Å². The minimum Gasteiger partial charge on any atom is -0.393 e. The lowest BCUT2D eigenvalue weighted by atomic mass is 9.87. The summed E-state index contributed by atoms with van der Waals surface area (Å²) in [7, 11) is 0. The molecule has 0 bridgehead atoms. The van der Waals surface area contributed by atoms with Crippen molar-refractivity contribution in [1.82, 2.24) is 0 Å². The van der Waals surface area contributed by atoms with Crippen LogP contribution in [0.15, 0.2) is 0 Å². The third-order valence-corrected chi connectivity index (χ3v) is 4.00. The van der Waals surface area contributed by atoms with E-state index in [0.717, 1.165) is 25.7 Å². The molecule has 17 heavy (non-hydrogen) atoms. The fourth-order valence-electron chi connectivity index (χ4n) is 2.84. The molecule has 2 nitrogen and oxygen atoms in total. The first-order chi connectivity index (χ1) is 8.34. The van der Waals surface area contributed by atoms with Gasteiger partial charge in [0.15, 0.2) is 0 Å². The predicted molar refractivity (Wildman–Crippen MR) is 70.5 cm³/mol. The quantitative estimate of drug-likeness (QED) is 0.783. The summed E-state index contributed by atoms with van der Waals surface area (Å²) in [5.74, 6) is 0.370. The Morgan fingerprint density at radius 2 is 1.41 bits per heavy atom. The van der Waals surface area contributed by atoms with Gasteiger partial charge in [0.1, 0.15) is 0 Å². The summed E-state index contributed by atoms with van der Waals surface area (Å²) in [6.45, 7) is 0. The van der Waals surface area contributed by atoms with Crippen LogP contribution in [0.3, 0.4) is 0 Å². The van der Waals surface area contributed by atoms with Crippen LogP contribution in [0.25, 0.3) is 0 Å². The van der Waals surface area contributed by atoms with E-state index in [2.05, 4.69) is 6.07 Å². The molecule has 0 saturated heterocycles. The Hall–Kier alpha value is -0.550. The molecule has 1 saturated carbocycles. The lowest BCUT2D eigenvalue weighted by Crippen LogP contribution is -2.20. The maximum atomic E-state index is 10.2. The van der Waals surface area contributed by atoms with Gasteiger partial charge < -0.3 is 5.11 Å². The van der Waals surface area contributed by atoms with Crippen molar-refractivity contribution < 1.29 is 5.11 Å². The van der Waals surface area contributed by atoms with E-state index in [4.69, 9.17) is 5.26 Å². The second-order valence-corrected chi connectivity index (χ2v) is 5.43. The number of nitrogens with zero attached hydrogens (tertiary/aromatic N) is 1. The molecule has 0 spiro atoms. The van der Waals surface area contributed by atoms with Gasteiger partial charge in [-0.05, 0) is 25.2 Å². The first-order valence-electron chi connectivity index (χ1n) is 7.39. The summed E-state index contributed by atoms with van der Waals surface area (Å²) >= 11 is 0. The summed E-state index contributed by atoms with van der Waals surface area (Å²) in [5.41, 5.74) is 0. The van der Waals surface area contributed by atoms with E-state index in [-0.39, 0.29) is 6.10 Å². The van der Waals surface area contributed by atoms with Gasteiger partial charge in [-0.2, -0.15) is 5.26 Å². The van der Waals surface area contributed by atoms with Crippen LogP contribution in [0.5, 0.6) is 0 Å². The molecule has 2 unspecified atom stereocenters. The molecule has 1 N–H and O–H groups in total. The van der Waals surface area contributed by atoms with Gasteiger partial charge >= 0.3 is 0 Å². The van der Waals surface area contributed by atoms with E-state index in [1.54, 1.807) is 0 Å². The third kappa shape index (κ3) is 6.68. The van der Waals surface area contributed by atoms with Crippen LogP contribution in [0, 0.1) is 17.2 Å². The lowest BCUT2D eigenvalue weighted by molar-refractivity contribution is 0.0848. The van der Waals surface area contributed by atoms with Crippen LogP contribution in [0.2, 0.25) is 0 Å². The van der Waals surface area contributed by atoms with Crippen molar-refractivity contribution in [2.24, 2.45) is 5.92 Å². The molecule has 0 aromatic heterocycles. The van der Waals surface area contributed by atoms with Crippen LogP contribution >= 0.6 is 0 Å². The molecule has 2 atom stereocenters. The molecule has 1 aliphatic rings. The Labute approximate surface area is 106 Å². The molecular formula is C15H27NO. The van der Waals surface area contributed by atoms with Crippen LogP contribution in [-0.2, 0) is 0 Å². The van der Waals surface area contributed by atoms with Gasteiger partial charge in [0.05, 0.1) is 12.2 Å². The molecule has 0 amide bonds. The van der Waals surface area contributed by atoms with E-state index < -0.39 is 0 Å². The predicted octanol–water partition coefficient (Wildman–Crippen LogP) is 4.18. The molecule has 1 rings (SSSR count). The molecule has 0 aliphatic heterocycles. The monoisotopic (exact) mass is 237 g/mol. The normalized spacial score (nSPS) is 28.7. The van der Waals surface area contributed by atoms with Crippen molar-refractivity contribution >= 4 is 0 Å². The zero-order valence-electron chi connectivity index (χ0n) is 11.0. The molecule has 0 radical (unpaired) electrons. The van der Waals surface area contributed by atoms with Crippen molar-refractivity contribution in [3.05, 3.63) is 0 Å². The zero-order chi connectivity index (χ0) is 12.3. The fourth-order valence-corrected chi connectivity index (χ4v) is 2.84. The molecule has 98 valence electrons. The SMILES string of the molecule is N#CCCC1CCCCCCCCCCC1O. The van der Waals surface area contributed by atoms with Gasteiger partial charge in [-0.25, -0.2) is 0 Å². The number of nitriles is 1. The summed E-state index contributed by atoms with van der Waals surface area (Å²) < 4.78 is 0. The summed E-state index contributed by atoms with van der Waals surface area (Å²) in [6.07, 6.45) is 13.8. The van der Waals surface area contributed by atoms with Crippen LogP contribution < -0.4 is 0 Å². The first kappa shape index (κ1) is 14.5. The largest absolute Gasteiger partial charge is 0.393 e. The van der Waals surface area contributed by atoms with Gasteiger partial charge in [0.2, 0.25) is 0 Å². The highest BCUT2D eigenvalue weighted by Crippen LogP contribution is 2.24. The summed E-state index contributed by atoms with van der Waals surface area (Å²) in [5, 5.41) is 18.8. The van der Waals surface area contributed by atoms with Gasteiger partial charge in [-0.3, -0.25) is 0 Å². The second-order valence-electron chi connectivity index (χ2n) is 5.43. The van der Waals surface area contributed by atoms with Gasteiger partial charge in [-0.1, -0.05) is 51.4 Å². The van der Waals surface area contributed by atoms with Gasteiger partial charge in [-0.15, -0.1) is 0 Å². The zero-order valence-corrected chi connectivity index (χ0v) is 11.0. The standard InChI is InChI=1S/C15H27NO/c16-13-9-11-14-10-7-5-3-1-2-4-6-8-12-15(14)17/h14-15,17H,1-12H2. The van der Waals surface area contributed by atoms with Crippen molar-refractivity contribution in [2.75, 3.05) is 0 Å². The Balaban J connectivity index is 2.37. The molecule has 0 heterocycles. The highest BCUT2D eigenvalue weighted by molar-refractivity contribution is 4.76. The number of aliphatic hydroxyl groups excluding tert-OH is 1. The average Bonchev–Trinajstić information content (AvgIpc) is 2.33. The van der Waals surface area contributed by atoms with E-state index in [1.165, 1.54) is 44.9 Å². The Morgan fingerprint density at radius 1 is 0.882 bits per heavy atom. The van der Waals surface area contributed by atoms with Crippen molar-refractivity contribution in [2.45, 2.75) is 83.2 Å². The Morgan fingerprint density at radius 3 is 2.00 bits per heavy atom. The smallest absolute Gasteiger partial charge is 0.0621 e. The number of aliphatic hydroxyl groups is 1. The molecule has 1 aliphatic carbocycles. The van der Waals surface area contributed by atoms with Crippen molar-refractivity contribution in [3.8, 4) is 6.07 Å². The van der Waals surface area contributed by atoms with Gasteiger partial charge in [0.25, 0.3) is 0 Å². The van der Waals surface area contributed by atoms with E-state index in [9.17, 15) is 5.11 Å². The number of hydrogen-bond donors (Lipinski definition) is 1. The molecule has 0 aromatic rings. The molecule has 2 heteroatoms. The second kappa shape index (κ2) is 9.48. The average molecular weight is 237 g/mol. The summed E-state index contributed by atoms with van der Waals surface area (Å²) in [6, 6.07) is 2.21. The van der Waals surface area contributed by atoms with Crippen molar-refractivity contribution in [3.63, 3.8) is 0 Å². The minimum atomic E-state index is -0.164. The molecule has 1 fully saturated rings. The third-order valence-electron chi connectivity index (χ3n) is 4.00. The Bertz CT molecular complexity index is 221.